The largest absolute Gasteiger partial charge is 0.296 e. The lowest BCUT2D eigenvalue weighted by Crippen LogP contribution is -2.38. The second-order valence-electron chi connectivity index (χ2n) is 5.79. The Kier molecular flexibility index (Phi) is 5.17. The highest BCUT2D eigenvalue weighted by Crippen LogP contribution is 2.24. The number of rotatable bonds is 4. The van der Waals surface area contributed by atoms with Gasteiger partial charge in [-0.15, -0.1) is 0 Å². The van der Waals surface area contributed by atoms with E-state index in [4.69, 9.17) is 0 Å². The molecule has 0 aromatic heterocycles. The van der Waals surface area contributed by atoms with Gasteiger partial charge in [0, 0.05) is 10.0 Å². The molecule has 1 aliphatic heterocycles. The highest BCUT2D eigenvalue weighted by molar-refractivity contribution is 9.10. The highest BCUT2D eigenvalue weighted by atomic mass is 79.9. The van der Waals surface area contributed by atoms with Crippen LogP contribution < -0.4 is 0 Å². The molecule has 1 fully saturated rings. The Morgan fingerprint density at radius 3 is 2.63 bits per heavy atom. The molecular formula is C16H22BrNO. The molecule has 1 aliphatic rings. The van der Waals surface area contributed by atoms with Crippen LogP contribution in [0.3, 0.4) is 0 Å². The number of carbonyl (C=O) groups is 1. The van der Waals surface area contributed by atoms with Crippen molar-refractivity contribution in [3.05, 3.63) is 34.3 Å². The normalized spacial score (nSPS) is 17.9. The van der Waals surface area contributed by atoms with E-state index in [1.807, 2.05) is 24.3 Å². The Labute approximate surface area is 124 Å². The van der Waals surface area contributed by atoms with Crippen LogP contribution >= 0.6 is 15.9 Å². The van der Waals surface area contributed by atoms with Gasteiger partial charge in [-0.3, -0.25) is 9.69 Å². The SMILES string of the molecule is CC(C)C1CCN(CC(=O)c2cccc(Br)c2)CC1. The van der Waals surface area contributed by atoms with E-state index in [9.17, 15) is 4.79 Å². The maximum absolute atomic E-state index is 12.2. The van der Waals surface area contributed by atoms with Crippen LogP contribution in [0.25, 0.3) is 0 Å². The fourth-order valence-corrected chi connectivity index (χ4v) is 3.13. The molecular weight excluding hydrogens is 302 g/mol. The Hall–Kier alpha value is -0.670. The van der Waals surface area contributed by atoms with Gasteiger partial charge in [-0.25, -0.2) is 0 Å². The fourth-order valence-electron chi connectivity index (χ4n) is 2.73. The van der Waals surface area contributed by atoms with Gasteiger partial charge in [-0.2, -0.15) is 0 Å². The summed E-state index contributed by atoms with van der Waals surface area (Å²) in [6.07, 6.45) is 2.45. The monoisotopic (exact) mass is 323 g/mol. The van der Waals surface area contributed by atoms with Crippen LogP contribution in [0.4, 0.5) is 0 Å². The molecule has 0 radical (unpaired) electrons. The first-order chi connectivity index (χ1) is 9.06. The summed E-state index contributed by atoms with van der Waals surface area (Å²) in [7, 11) is 0. The lowest BCUT2D eigenvalue weighted by Gasteiger charge is -2.33. The summed E-state index contributed by atoms with van der Waals surface area (Å²) in [5.74, 6) is 1.82. The van der Waals surface area contributed by atoms with Gasteiger partial charge in [0.1, 0.15) is 0 Å². The molecule has 0 aliphatic carbocycles. The van der Waals surface area contributed by atoms with E-state index >= 15 is 0 Å². The first-order valence-corrected chi connectivity index (χ1v) is 7.86. The molecule has 19 heavy (non-hydrogen) atoms. The molecule has 0 unspecified atom stereocenters. The van der Waals surface area contributed by atoms with Gasteiger partial charge in [0.25, 0.3) is 0 Å². The zero-order chi connectivity index (χ0) is 13.8. The smallest absolute Gasteiger partial charge is 0.176 e. The molecule has 0 saturated carbocycles. The van der Waals surface area contributed by atoms with Crippen molar-refractivity contribution in [1.82, 2.24) is 4.90 Å². The number of ketones is 1. The van der Waals surface area contributed by atoms with Gasteiger partial charge in [-0.05, 0) is 49.9 Å². The molecule has 1 aromatic rings. The number of likely N-dealkylation sites (tertiary alicyclic amines) is 1. The summed E-state index contributed by atoms with van der Waals surface area (Å²) >= 11 is 3.41. The topological polar surface area (TPSA) is 20.3 Å². The summed E-state index contributed by atoms with van der Waals surface area (Å²) in [5.41, 5.74) is 0.806. The van der Waals surface area contributed by atoms with E-state index in [0.717, 1.165) is 35.0 Å². The summed E-state index contributed by atoms with van der Waals surface area (Å²) < 4.78 is 0.969. The van der Waals surface area contributed by atoms with Gasteiger partial charge in [-0.1, -0.05) is 41.9 Å². The molecule has 0 bridgehead atoms. The standard InChI is InChI=1S/C16H22BrNO/c1-12(2)13-6-8-18(9-7-13)11-16(19)14-4-3-5-15(17)10-14/h3-5,10,12-13H,6-9,11H2,1-2H3. The summed E-state index contributed by atoms with van der Waals surface area (Å²) in [4.78, 5) is 14.5. The Bertz CT molecular complexity index is 436. The second kappa shape index (κ2) is 6.67. The van der Waals surface area contributed by atoms with Crippen LogP contribution in [0.1, 0.15) is 37.0 Å². The number of halogens is 1. The molecule has 1 saturated heterocycles. The maximum atomic E-state index is 12.2. The third kappa shape index (κ3) is 4.15. The molecule has 2 rings (SSSR count). The highest BCUT2D eigenvalue weighted by Gasteiger charge is 2.23. The zero-order valence-electron chi connectivity index (χ0n) is 11.7. The first-order valence-electron chi connectivity index (χ1n) is 7.07. The maximum Gasteiger partial charge on any atom is 0.176 e. The number of nitrogens with zero attached hydrogens (tertiary/aromatic N) is 1. The van der Waals surface area contributed by atoms with E-state index in [1.165, 1.54) is 12.8 Å². The minimum atomic E-state index is 0.226. The molecule has 2 nitrogen and oxygen atoms in total. The summed E-state index contributed by atoms with van der Waals surface area (Å²) in [6, 6.07) is 7.67. The quantitative estimate of drug-likeness (QED) is 0.780. The van der Waals surface area contributed by atoms with Crippen LogP contribution in [0, 0.1) is 11.8 Å². The Morgan fingerprint density at radius 1 is 1.37 bits per heavy atom. The first kappa shape index (κ1) is 14.7. The van der Waals surface area contributed by atoms with Crippen LogP contribution in [-0.2, 0) is 0 Å². The molecule has 1 aromatic carbocycles. The second-order valence-corrected chi connectivity index (χ2v) is 6.71. The van der Waals surface area contributed by atoms with Crippen molar-refractivity contribution in [2.24, 2.45) is 11.8 Å². The van der Waals surface area contributed by atoms with Gasteiger partial charge >= 0.3 is 0 Å². The third-order valence-electron chi connectivity index (χ3n) is 4.09. The lowest BCUT2D eigenvalue weighted by molar-refractivity contribution is 0.0880. The molecule has 0 N–H and O–H groups in total. The number of Topliss-reactive ketones (excluding diaryl/α,β-unsaturated/α-hetero) is 1. The van der Waals surface area contributed by atoms with E-state index in [0.29, 0.717) is 6.54 Å². The summed E-state index contributed by atoms with van der Waals surface area (Å²) in [6.45, 7) is 7.27. The van der Waals surface area contributed by atoms with Crippen LogP contribution in [0.2, 0.25) is 0 Å². The number of carbonyl (C=O) groups excluding carboxylic acids is 1. The predicted molar refractivity (Wildman–Crippen MR) is 82.5 cm³/mol. The van der Waals surface area contributed by atoms with E-state index < -0.39 is 0 Å². The van der Waals surface area contributed by atoms with Crippen molar-refractivity contribution >= 4 is 21.7 Å². The minimum Gasteiger partial charge on any atom is -0.296 e. The van der Waals surface area contributed by atoms with Crippen LogP contribution in [0.15, 0.2) is 28.7 Å². The minimum absolute atomic E-state index is 0.226. The van der Waals surface area contributed by atoms with Gasteiger partial charge < -0.3 is 0 Å². The molecule has 1 heterocycles. The average Bonchev–Trinajstić information content (AvgIpc) is 2.39. The average molecular weight is 324 g/mol. The van der Waals surface area contributed by atoms with E-state index in [-0.39, 0.29) is 5.78 Å². The Balaban J connectivity index is 1.87. The fraction of sp³-hybridized carbons (Fsp3) is 0.562. The van der Waals surface area contributed by atoms with E-state index in [1.54, 1.807) is 0 Å². The Morgan fingerprint density at radius 2 is 2.05 bits per heavy atom. The van der Waals surface area contributed by atoms with Crippen molar-refractivity contribution in [2.45, 2.75) is 26.7 Å². The van der Waals surface area contributed by atoms with Crippen LogP contribution in [-0.4, -0.2) is 30.3 Å². The van der Waals surface area contributed by atoms with Crippen LogP contribution in [0.5, 0.6) is 0 Å². The predicted octanol–water partition coefficient (Wildman–Crippen LogP) is 4.00. The zero-order valence-corrected chi connectivity index (χ0v) is 13.3. The van der Waals surface area contributed by atoms with Gasteiger partial charge in [0.05, 0.1) is 6.54 Å². The number of hydrogen-bond acceptors (Lipinski definition) is 2. The molecule has 0 atom stereocenters. The molecule has 3 heteroatoms. The van der Waals surface area contributed by atoms with Crippen molar-refractivity contribution in [1.29, 1.82) is 0 Å². The molecule has 0 spiro atoms. The van der Waals surface area contributed by atoms with Crippen molar-refractivity contribution in [2.75, 3.05) is 19.6 Å². The van der Waals surface area contributed by atoms with Gasteiger partial charge in [0.15, 0.2) is 5.78 Å². The number of piperidine rings is 1. The van der Waals surface area contributed by atoms with E-state index in [2.05, 4.69) is 34.7 Å². The van der Waals surface area contributed by atoms with Gasteiger partial charge in [0.2, 0.25) is 0 Å². The molecule has 0 amide bonds. The van der Waals surface area contributed by atoms with Crippen molar-refractivity contribution in [3.63, 3.8) is 0 Å². The number of benzene rings is 1. The third-order valence-corrected chi connectivity index (χ3v) is 4.58. The summed E-state index contributed by atoms with van der Waals surface area (Å²) in [5, 5.41) is 0. The number of hydrogen-bond donors (Lipinski definition) is 0. The van der Waals surface area contributed by atoms with Crippen molar-refractivity contribution in [3.8, 4) is 0 Å². The molecule has 104 valence electrons. The lowest BCUT2D eigenvalue weighted by atomic mass is 9.86. The van der Waals surface area contributed by atoms with Crippen molar-refractivity contribution < 1.29 is 4.79 Å².